The van der Waals surface area contributed by atoms with Crippen LogP contribution in [0.15, 0.2) is 42.5 Å². The number of ether oxygens (including phenoxy) is 1. The van der Waals surface area contributed by atoms with Gasteiger partial charge in [0, 0.05) is 12.0 Å². The fourth-order valence-corrected chi connectivity index (χ4v) is 2.04. The molecular weight excluding hydrogens is 279 g/mol. The summed E-state index contributed by atoms with van der Waals surface area (Å²) in [6, 6.07) is 11.3. The summed E-state index contributed by atoms with van der Waals surface area (Å²) in [7, 11) is 0. The number of benzene rings is 2. The monoisotopic (exact) mass is 292 g/mol. The number of hydrogen-bond acceptors (Lipinski definition) is 2. The van der Waals surface area contributed by atoms with Crippen molar-refractivity contribution in [2.24, 2.45) is 0 Å². The molecular formula is C16H14ClFO2. The van der Waals surface area contributed by atoms with Crippen LogP contribution in [0.4, 0.5) is 4.39 Å². The summed E-state index contributed by atoms with van der Waals surface area (Å²) >= 11 is 5.88. The van der Waals surface area contributed by atoms with Gasteiger partial charge in [0.05, 0.1) is 11.6 Å². The van der Waals surface area contributed by atoms with E-state index in [1.165, 1.54) is 12.1 Å². The molecule has 2 aromatic rings. The van der Waals surface area contributed by atoms with Gasteiger partial charge in [0.15, 0.2) is 5.78 Å². The summed E-state index contributed by atoms with van der Waals surface area (Å²) in [5.74, 6) is 0.00245. The van der Waals surface area contributed by atoms with E-state index in [9.17, 15) is 9.18 Å². The van der Waals surface area contributed by atoms with Crippen molar-refractivity contribution in [2.75, 3.05) is 6.61 Å². The van der Waals surface area contributed by atoms with Gasteiger partial charge >= 0.3 is 0 Å². The van der Waals surface area contributed by atoms with Gasteiger partial charge in [0.1, 0.15) is 11.6 Å². The second kappa shape index (κ2) is 6.53. The number of halogens is 2. The van der Waals surface area contributed by atoms with Gasteiger partial charge in [-0.1, -0.05) is 23.7 Å². The molecule has 0 spiro atoms. The van der Waals surface area contributed by atoms with Crippen molar-refractivity contribution in [1.82, 2.24) is 0 Å². The molecule has 0 amide bonds. The first kappa shape index (κ1) is 14.5. The van der Waals surface area contributed by atoms with Crippen molar-refractivity contribution >= 4 is 17.4 Å². The first-order valence-electron chi connectivity index (χ1n) is 6.24. The molecule has 4 heteroatoms. The normalized spacial score (nSPS) is 10.3. The Bertz CT molecular complexity index is 626. The molecule has 0 aliphatic rings. The number of carbonyl (C=O) groups excluding carboxylic acids is 1. The van der Waals surface area contributed by atoms with E-state index in [1.807, 2.05) is 31.2 Å². The summed E-state index contributed by atoms with van der Waals surface area (Å²) in [6.07, 6.45) is 0.150. The van der Waals surface area contributed by atoms with Crippen LogP contribution < -0.4 is 4.74 Å². The molecule has 0 N–H and O–H groups in total. The van der Waals surface area contributed by atoms with Gasteiger partial charge in [-0.15, -0.1) is 0 Å². The van der Waals surface area contributed by atoms with Crippen LogP contribution in [0.3, 0.4) is 0 Å². The number of aryl methyl sites for hydroxylation is 1. The molecule has 0 saturated carbocycles. The predicted octanol–water partition coefficient (Wildman–Crippen LogP) is 4.44. The van der Waals surface area contributed by atoms with Crippen molar-refractivity contribution in [3.8, 4) is 5.75 Å². The lowest BCUT2D eigenvalue weighted by molar-refractivity contribution is 0.0962. The number of hydrogen-bond donors (Lipinski definition) is 0. The van der Waals surface area contributed by atoms with E-state index in [2.05, 4.69) is 0 Å². The minimum Gasteiger partial charge on any atom is -0.493 e. The molecule has 0 radical (unpaired) electrons. The minimum absolute atomic E-state index is 0.150. The highest BCUT2D eigenvalue weighted by Crippen LogP contribution is 2.19. The number of ketones is 1. The summed E-state index contributed by atoms with van der Waals surface area (Å²) in [5.41, 5.74) is 1.28. The van der Waals surface area contributed by atoms with Crippen LogP contribution in [0.25, 0.3) is 0 Å². The Balaban J connectivity index is 1.94. The molecule has 2 rings (SSSR count). The van der Waals surface area contributed by atoms with Gasteiger partial charge in [-0.05, 0) is 42.8 Å². The first-order chi connectivity index (χ1) is 9.56. The van der Waals surface area contributed by atoms with Crippen molar-refractivity contribution in [1.29, 1.82) is 0 Å². The number of rotatable bonds is 5. The quantitative estimate of drug-likeness (QED) is 0.762. The van der Waals surface area contributed by atoms with Gasteiger partial charge < -0.3 is 4.74 Å². The van der Waals surface area contributed by atoms with Crippen LogP contribution in [-0.4, -0.2) is 12.4 Å². The molecule has 0 aliphatic carbocycles. The zero-order chi connectivity index (χ0) is 14.5. The molecule has 0 aromatic heterocycles. The Hall–Kier alpha value is -1.87. The van der Waals surface area contributed by atoms with E-state index >= 15 is 0 Å². The molecule has 2 aromatic carbocycles. The third kappa shape index (κ3) is 3.81. The average molecular weight is 293 g/mol. The Labute approximate surface area is 122 Å². The van der Waals surface area contributed by atoms with Crippen molar-refractivity contribution in [2.45, 2.75) is 13.3 Å². The predicted molar refractivity (Wildman–Crippen MR) is 77.0 cm³/mol. The maximum atomic E-state index is 13.1. The number of carbonyl (C=O) groups is 1. The molecule has 104 valence electrons. The van der Waals surface area contributed by atoms with E-state index in [0.29, 0.717) is 5.75 Å². The molecule has 0 fully saturated rings. The summed E-state index contributed by atoms with van der Waals surface area (Å²) in [4.78, 5) is 11.9. The fraction of sp³-hybridized carbons (Fsp3) is 0.188. The Morgan fingerprint density at radius 2 is 2.05 bits per heavy atom. The van der Waals surface area contributed by atoms with Gasteiger partial charge in [-0.3, -0.25) is 4.79 Å². The second-order valence-electron chi connectivity index (χ2n) is 4.46. The van der Waals surface area contributed by atoms with Gasteiger partial charge in [-0.2, -0.15) is 0 Å². The van der Waals surface area contributed by atoms with Crippen molar-refractivity contribution < 1.29 is 13.9 Å². The molecule has 0 bridgehead atoms. The Morgan fingerprint density at radius 1 is 1.25 bits per heavy atom. The van der Waals surface area contributed by atoms with E-state index in [1.54, 1.807) is 0 Å². The number of Topliss-reactive ketones (excluding diaryl/α,β-unsaturated/α-hetero) is 1. The third-order valence-electron chi connectivity index (χ3n) is 2.82. The second-order valence-corrected chi connectivity index (χ2v) is 4.87. The van der Waals surface area contributed by atoms with E-state index in [-0.39, 0.29) is 29.4 Å². The fourth-order valence-electron chi connectivity index (χ4n) is 1.81. The molecule has 0 heterocycles. The van der Waals surface area contributed by atoms with Gasteiger partial charge in [0.25, 0.3) is 0 Å². The highest BCUT2D eigenvalue weighted by molar-refractivity contribution is 6.33. The average Bonchev–Trinajstić information content (AvgIpc) is 2.41. The lowest BCUT2D eigenvalue weighted by Crippen LogP contribution is -2.07. The van der Waals surface area contributed by atoms with E-state index < -0.39 is 5.82 Å². The first-order valence-corrected chi connectivity index (χ1v) is 6.62. The van der Waals surface area contributed by atoms with Crippen molar-refractivity contribution in [3.05, 3.63) is 64.4 Å². The molecule has 0 atom stereocenters. The van der Waals surface area contributed by atoms with Crippen LogP contribution in [0.1, 0.15) is 22.3 Å². The summed E-state index contributed by atoms with van der Waals surface area (Å²) in [5, 5.41) is 0.256. The SMILES string of the molecule is Cc1cccc(OCCC(=O)c2cc(F)ccc2Cl)c1. The molecule has 0 saturated heterocycles. The maximum absolute atomic E-state index is 13.1. The van der Waals surface area contributed by atoms with Crippen LogP contribution in [-0.2, 0) is 0 Å². The van der Waals surface area contributed by atoms with Gasteiger partial charge in [0.2, 0.25) is 0 Å². The van der Waals surface area contributed by atoms with Gasteiger partial charge in [-0.25, -0.2) is 4.39 Å². The Morgan fingerprint density at radius 3 is 2.80 bits per heavy atom. The third-order valence-corrected chi connectivity index (χ3v) is 3.15. The van der Waals surface area contributed by atoms with E-state index in [4.69, 9.17) is 16.3 Å². The van der Waals surface area contributed by atoms with Crippen molar-refractivity contribution in [3.63, 3.8) is 0 Å². The largest absolute Gasteiger partial charge is 0.493 e. The van der Waals surface area contributed by atoms with Crippen LogP contribution in [0.5, 0.6) is 5.75 Å². The molecule has 0 unspecified atom stereocenters. The highest BCUT2D eigenvalue weighted by Gasteiger charge is 2.11. The zero-order valence-electron chi connectivity index (χ0n) is 11.0. The summed E-state index contributed by atoms with van der Waals surface area (Å²) < 4.78 is 18.6. The molecule has 0 aliphatic heterocycles. The smallest absolute Gasteiger partial charge is 0.167 e. The van der Waals surface area contributed by atoms with E-state index in [0.717, 1.165) is 11.6 Å². The van der Waals surface area contributed by atoms with Crippen LogP contribution in [0, 0.1) is 12.7 Å². The maximum Gasteiger partial charge on any atom is 0.167 e. The lowest BCUT2D eigenvalue weighted by Gasteiger charge is -2.07. The highest BCUT2D eigenvalue weighted by atomic mass is 35.5. The minimum atomic E-state index is -0.475. The Kier molecular flexibility index (Phi) is 4.74. The molecule has 2 nitrogen and oxygen atoms in total. The summed E-state index contributed by atoms with van der Waals surface area (Å²) in [6.45, 7) is 2.19. The zero-order valence-corrected chi connectivity index (χ0v) is 11.8. The topological polar surface area (TPSA) is 26.3 Å². The standard InChI is InChI=1S/C16H14ClFO2/c1-11-3-2-4-13(9-11)20-8-7-16(19)14-10-12(18)5-6-15(14)17/h2-6,9-10H,7-8H2,1H3. The lowest BCUT2D eigenvalue weighted by atomic mass is 10.1. The molecule has 20 heavy (non-hydrogen) atoms. The van der Waals surface area contributed by atoms with Crippen LogP contribution in [0.2, 0.25) is 5.02 Å². The van der Waals surface area contributed by atoms with Crippen LogP contribution >= 0.6 is 11.6 Å².